The third kappa shape index (κ3) is 1.46. The number of hydrogen-bond acceptors (Lipinski definition) is 0. The van der Waals surface area contributed by atoms with Crippen LogP contribution in [-0.4, -0.2) is 8.07 Å². The second-order valence-electron chi connectivity index (χ2n) is 7.69. The van der Waals surface area contributed by atoms with Crippen LogP contribution < -0.4 is 0 Å². The molecule has 0 bridgehead atoms. The highest BCUT2D eigenvalue weighted by molar-refractivity contribution is 6.98. The highest BCUT2D eigenvalue weighted by Gasteiger charge is 2.75. The Morgan fingerprint density at radius 2 is 1.40 bits per heavy atom. The molecule has 1 saturated heterocycles. The molecule has 1 heterocycles. The van der Waals surface area contributed by atoms with Gasteiger partial charge in [0.15, 0.2) is 0 Å². The summed E-state index contributed by atoms with van der Waals surface area (Å²) >= 11 is 0. The summed E-state index contributed by atoms with van der Waals surface area (Å²) in [5.41, 5.74) is 1.42. The van der Waals surface area contributed by atoms with E-state index in [1.807, 2.05) is 0 Å². The Kier molecular flexibility index (Phi) is 2.60. The molecule has 1 aliphatic heterocycles. The maximum absolute atomic E-state index is 4.25. The summed E-state index contributed by atoms with van der Waals surface area (Å²) in [5, 5.41) is 1.45. The predicted molar refractivity (Wildman–Crippen MR) is 73.2 cm³/mol. The summed E-state index contributed by atoms with van der Waals surface area (Å²) in [6, 6.07) is 1.43. The molecule has 0 aromatic heterocycles. The van der Waals surface area contributed by atoms with Crippen LogP contribution in [0, 0.1) is 0 Å². The van der Waals surface area contributed by atoms with E-state index >= 15 is 0 Å². The molecule has 0 N–H and O–H groups in total. The Morgan fingerprint density at radius 1 is 1.07 bits per heavy atom. The molecule has 1 unspecified atom stereocenters. The van der Waals surface area contributed by atoms with Gasteiger partial charge in [0.25, 0.3) is 0 Å². The van der Waals surface area contributed by atoms with Gasteiger partial charge < -0.3 is 0 Å². The molecule has 0 radical (unpaired) electrons. The van der Waals surface area contributed by atoms with Gasteiger partial charge in [-0.3, -0.25) is 0 Å². The second-order valence-corrected chi connectivity index (χ2v) is 14.0. The van der Waals surface area contributed by atoms with E-state index in [2.05, 4.69) is 62.0 Å². The number of allylic oxidation sites excluding steroid dienone is 1. The van der Waals surface area contributed by atoms with Gasteiger partial charge in [0.2, 0.25) is 0 Å². The summed E-state index contributed by atoms with van der Waals surface area (Å²) < 4.78 is 0. The Morgan fingerprint density at radius 3 is 1.47 bits per heavy atom. The SMILES string of the molecule is C=C(C)C1(C)C[Si]1(C(C)(C)C)C(C)(C)C. The Balaban J connectivity index is 3.24. The molecule has 1 fully saturated rings. The molecule has 1 atom stereocenters. The summed E-state index contributed by atoms with van der Waals surface area (Å²) in [4.78, 5) is 0. The minimum Gasteiger partial charge on any atom is -0.0999 e. The lowest BCUT2D eigenvalue weighted by Crippen LogP contribution is -2.41. The van der Waals surface area contributed by atoms with Crippen LogP contribution in [0.3, 0.4) is 0 Å². The van der Waals surface area contributed by atoms with Gasteiger partial charge >= 0.3 is 0 Å². The zero-order valence-electron chi connectivity index (χ0n) is 11.9. The summed E-state index contributed by atoms with van der Waals surface area (Å²) in [6.07, 6.45) is 0. The first kappa shape index (κ1) is 13.0. The zero-order chi connectivity index (χ0) is 12.3. The Labute approximate surface area is 97.2 Å². The van der Waals surface area contributed by atoms with Gasteiger partial charge in [-0.15, -0.1) is 0 Å². The van der Waals surface area contributed by atoms with Crippen molar-refractivity contribution in [1.82, 2.24) is 0 Å². The largest absolute Gasteiger partial charge is 0.0999 e. The lowest BCUT2D eigenvalue weighted by atomic mass is 10.1. The Hall–Kier alpha value is -0.0431. The van der Waals surface area contributed by atoms with Crippen LogP contribution in [0.4, 0.5) is 0 Å². The number of hydrogen-bond donors (Lipinski definition) is 0. The normalized spacial score (nSPS) is 30.1. The van der Waals surface area contributed by atoms with Crippen molar-refractivity contribution in [3.63, 3.8) is 0 Å². The molecule has 0 aliphatic carbocycles. The van der Waals surface area contributed by atoms with E-state index in [1.54, 1.807) is 0 Å². The predicted octanol–water partition coefficient (Wildman–Crippen LogP) is 5.39. The third-order valence-electron chi connectivity index (χ3n) is 4.94. The van der Waals surface area contributed by atoms with E-state index in [1.165, 1.54) is 11.6 Å². The molecule has 15 heavy (non-hydrogen) atoms. The fourth-order valence-corrected chi connectivity index (χ4v) is 13.5. The quantitative estimate of drug-likeness (QED) is 0.414. The first-order valence-electron chi connectivity index (χ1n) is 6.06. The second kappa shape index (κ2) is 3.00. The molecule has 0 saturated carbocycles. The van der Waals surface area contributed by atoms with Crippen LogP contribution in [0.2, 0.25) is 21.2 Å². The molecule has 1 aliphatic rings. The lowest BCUT2D eigenvalue weighted by molar-refractivity contribution is 0.624. The van der Waals surface area contributed by atoms with Crippen LogP contribution in [0.15, 0.2) is 12.2 Å². The topological polar surface area (TPSA) is 0 Å². The van der Waals surface area contributed by atoms with Gasteiger partial charge in [0.05, 0.1) is 8.07 Å². The van der Waals surface area contributed by atoms with Gasteiger partial charge in [-0.2, -0.15) is 0 Å². The van der Waals surface area contributed by atoms with Crippen molar-refractivity contribution < 1.29 is 0 Å². The molecule has 0 spiro atoms. The number of rotatable bonds is 1. The van der Waals surface area contributed by atoms with Crippen LogP contribution in [0.1, 0.15) is 55.4 Å². The first-order valence-corrected chi connectivity index (χ1v) is 8.27. The summed E-state index contributed by atoms with van der Waals surface area (Å²) in [6.45, 7) is 23.6. The molecular weight excluding hydrogens is 196 g/mol. The summed E-state index contributed by atoms with van der Waals surface area (Å²) in [7, 11) is -1.27. The van der Waals surface area contributed by atoms with E-state index in [-0.39, 0.29) is 0 Å². The molecule has 1 heteroatoms. The average Bonchev–Trinajstić information content (AvgIpc) is 2.56. The van der Waals surface area contributed by atoms with E-state index in [0.29, 0.717) is 15.1 Å². The lowest BCUT2D eigenvalue weighted by Gasteiger charge is -2.44. The monoisotopic (exact) mass is 224 g/mol. The maximum atomic E-state index is 4.25. The van der Waals surface area contributed by atoms with E-state index < -0.39 is 8.07 Å². The molecular formula is C14H28Si. The van der Waals surface area contributed by atoms with Crippen molar-refractivity contribution in [2.24, 2.45) is 0 Å². The molecule has 0 nitrogen and oxygen atoms in total. The van der Waals surface area contributed by atoms with Crippen LogP contribution in [-0.2, 0) is 0 Å². The fraction of sp³-hybridized carbons (Fsp3) is 0.857. The Bertz CT molecular complexity index is 273. The van der Waals surface area contributed by atoms with Crippen molar-refractivity contribution in [1.29, 1.82) is 0 Å². The van der Waals surface area contributed by atoms with Crippen molar-refractivity contribution >= 4 is 8.07 Å². The molecule has 1 rings (SSSR count). The zero-order valence-corrected chi connectivity index (χ0v) is 12.9. The van der Waals surface area contributed by atoms with Gasteiger partial charge in [-0.05, 0) is 28.1 Å². The van der Waals surface area contributed by atoms with Crippen molar-refractivity contribution in [2.45, 2.75) is 76.5 Å². The van der Waals surface area contributed by atoms with E-state index in [0.717, 1.165) is 0 Å². The van der Waals surface area contributed by atoms with Gasteiger partial charge in [-0.1, -0.05) is 60.6 Å². The van der Waals surface area contributed by atoms with Crippen LogP contribution >= 0.6 is 0 Å². The minimum atomic E-state index is -1.27. The van der Waals surface area contributed by atoms with Gasteiger partial charge in [0, 0.05) is 0 Å². The standard InChI is InChI=1S/C14H28Si/c1-11(2)14(9)10-15(14,12(3,4)5)13(6,7)8/h1,10H2,2-9H3. The van der Waals surface area contributed by atoms with Crippen LogP contribution in [0.5, 0.6) is 0 Å². The van der Waals surface area contributed by atoms with Crippen molar-refractivity contribution in [3.05, 3.63) is 12.2 Å². The molecule has 0 amide bonds. The van der Waals surface area contributed by atoms with E-state index in [4.69, 9.17) is 0 Å². The van der Waals surface area contributed by atoms with Crippen LogP contribution in [0.25, 0.3) is 0 Å². The molecule has 0 aromatic carbocycles. The highest BCUT2D eigenvalue weighted by Crippen LogP contribution is 2.81. The van der Waals surface area contributed by atoms with Gasteiger partial charge in [-0.25, -0.2) is 0 Å². The minimum absolute atomic E-state index is 0.476. The van der Waals surface area contributed by atoms with E-state index in [9.17, 15) is 0 Å². The smallest absolute Gasteiger partial charge is 0.0748 e. The van der Waals surface area contributed by atoms with Crippen molar-refractivity contribution in [3.8, 4) is 0 Å². The third-order valence-corrected chi connectivity index (χ3v) is 13.4. The highest BCUT2D eigenvalue weighted by atomic mass is 28.3. The summed E-state index contributed by atoms with van der Waals surface area (Å²) in [5.74, 6) is 0. The fourth-order valence-electron chi connectivity index (χ4n) is 4.31. The first-order chi connectivity index (χ1) is 6.40. The maximum Gasteiger partial charge on any atom is 0.0748 e. The average molecular weight is 224 g/mol. The van der Waals surface area contributed by atoms with Gasteiger partial charge in [0.1, 0.15) is 0 Å². The van der Waals surface area contributed by atoms with Crippen molar-refractivity contribution in [2.75, 3.05) is 0 Å². The molecule has 0 aromatic rings. The molecule has 88 valence electrons.